The van der Waals surface area contributed by atoms with Gasteiger partial charge in [-0.1, -0.05) is 18.3 Å². The number of aromatic nitrogens is 2. The molecule has 17 heavy (non-hydrogen) atoms. The average molecular weight is 257 g/mol. The van der Waals surface area contributed by atoms with Crippen LogP contribution in [0.15, 0.2) is 0 Å². The van der Waals surface area contributed by atoms with Crippen molar-refractivity contribution in [3.63, 3.8) is 0 Å². The molecule has 1 rings (SSSR count). The van der Waals surface area contributed by atoms with Gasteiger partial charge in [-0.05, 0) is 13.5 Å². The van der Waals surface area contributed by atoms with Crippen molar-refractivity contribution >= 4 is 22.4 Å². The molecule has 1 aromatic rings. The maximum atomic E-state index is 11.5. The number of carbonyl (C=O) groups excluding carboxylic acids is 1. The number of nitrogens with one attached hydrogen (secondary N) is 2. The minimum atomic E-state index is 0.0488. The van der Waals surface area contributed by atoms with Crippen LogP contribution in [0, 0.1) is 0 Å². The van der Waals surface area contributed by atoms with Crippen LogP contribution in [-0.2, 0) is 11.3 Å². The Kier molecular flexibility index (Phi) is 5.85. The van der Waals surface area contributed by atoms with Crippen LogP contribution in [0.1, 0.15) is 18.4 Å². The van der Waals surface area contributed by atoms with Gasteiger partial charge in [-0.25, -0.2) is 0 Å². The van der Waals surface area contributed by atoms with E-state index in [1.54, 1.807) is 0 Å². The molecule has 2 N–H and O–H groups in total. The van der Waals surface area contributed by atoms with Crippen molar-refractivity contribution in [1.29, 1.82) is 0 Å². The van der Waals surface area contributed by atoms with E-state index < -0.39 is 0 Å². The highest BCUT2D eigenvalue weighted by Crippen LogP contribution is 2.15. The third-order valence-corrected chi connectivity index (χ3v) is 3.00. The molecule has 0 bridgehead atoms. The predicted octanol–water partition coefficient (Wildman–Crippen LogP) is 0.538. The Balaban J connectivity index is 2.33. The minimum absolute atomic E-state index is 0.0488. The number of hydrogen-bond donors (Lipinski definition) is 2. The second kappa shape index (κ2) is 7.18. The van der Waals surface area contributed by atoms with E-state index in [2.05, 4.69) is 20.8 Å². The maximum Gasteiger partial charge on any atom is 0.234 e. The second-order valence-corrected chi connectivity index (χ2v) is 4.84. The first kappa shape index (κ1) is 13.9. The smallest absolute Gasteiger partial charge is 0.234 e. The number of carbonyl (C=O) groups is 1. The van der Waals surface area contributed by atoms with Crippen molar-refractivity contribution in [2.24, 2.45) is 0 Å². The topological polar surface area (TPSA) is 70.2 Å². The zero-order valence-corrected chi connectivity index (χ0v) is 11.3. The lowest BCUT2D eigenvalue weighted by atomic mass is 10.4. The summed E-state index contributed by atoms with van der Waals surface area (Å²) in [6, 6.07) is 0. The summed E-state index contributed by atoms with van der Waals surface area (Å²) in [5, 5.41) is 15.5. The Bertz CT molecular complexity index is 354. The fraction of sp³-hybridized carbons (Fsp3) is 0.700. The van der Waals surface area contributed by atoms with Crippen molar-refractivity contribution in [3.05, 3.63) is 5.01 Å². The van der Waals surface area contributed by atoms with Gasteiger partial charge in [-0.3, -0.25) is 9.69 Å². The highest BCUT2D eigenvalue weighted by molar-refractivity contribution is 7.15. The fourth-order valence-corrected chi connectivity index (χ4v) is 2.04. The first-order chi connectivity index (χ1) is 8.15. The summed E-state index contributed by atoms with van der Waals surface area (Å²) in [6.07, 6.45) is 0.956. The Morgan fingerprint density at radius 3 is 2.82 bits per heavy atom. The van der Waals surface area contributed by atoms with E-state index >= 15 is 0 Å². The minimum Gasteiger partial charge on any atom is -0.363 e. The van der Waals surface area contributed by atoms with Gasteiger partial charge < -0.3 is 10.6 Å². The van der Waals surface area contributed by atoms with Crippen LogP contribution >= 0.6 is 11.3 Å². The molecule has 1 aromatic heterocycles. The molecule has 0 saturated heterocycles. The molecule has 0 spiro atoms. The van der Waals surface area contributed by atoms with Crippen molar-refractivity contribution in [2.45, 2.75) is 19.9 Å². The SMILES string of the molecule is CCCNC(=O)CN(C)Cc1nnc(NC)s1. The predicted molar refractivity (Wildman–Crippen MR) is 69.1 cm³/mol. The molecule has 6 nitrogen and oxygen atoms in total. The summed E-state index contributed by atoms with van der Waals surface area (Å²) in [6.45, 7) is 3.78. The molecule has 96 valence electrons. The zero-order valence-electron chi connectivity index (χ0n) is 10.5. The quantitative estimate of drug-likeness (QED) is 0.746. The molecule has 0 aliphatic rings. The highest BCUT2D eigenvalue weighted by Gasteiger charge is 2.09. The fourth-order valence-electron chi connectivity index (χ4n) is 1.27. The lowest BCUT2D eigenvalue weighted by Crippen LogP contribution is -2.35. The molecular weight excluding hydrogens is 238 g/mol. The molecular formula is C10H19N5OS. The van der Waals surface area contributed by atoms with E-state index in [0.29, 0.717) is 13.1 Å². The number of anilines is 1. The summed E-state index contributed by atoms with van der Waals surface area (Å²) < 4.78 is 0. The Morgan fingerprint density at radius 2 is 2.24 bits per heavy atom. The maximum absolute atomic E-state index is 11.5. The monoisotopic (exact) mass is 257 g/mol. The molecule has 0 aliphatic heterocycles. The first-order valence-electron chi connectivity index (χ1n) is 5.61. The molecule has 0 aliphatic carbocycles. The lowest BCUT2D eigenvalue weighted by molar-refractivity contribution is -0.122. The highest BCUT2D eigenvalue weighted by atomic mass is 32.1. The number of rotatable bonds is 7. The van der Waals surface area contributed by atoms with Gasteiger partial charge in [-0.15, -0.1) is 10.2 Å². The van der Waals surface area contributed by atoms with Crippen LogP contribution in [0.2, 0.25) is 0 Å². The Morgan fingerprint density at radius 1 is 1.47 bits per heavy atom. The van der Waals surface area contributed by atoms with Gasteiger partial charge in [0.1, 0.15) is 5.01 Å². The number of amides is 1. The number of nitrogens with zero attached hydrogens (tertiary/aromatic N) is 3. The van der Waals surface area contributed by atoms with E-state index in [-0.39, 0.29) is 5.91 Å². The van der Waals surface area contributed by atoms with Gasteiger partial charge in [0.05, 0.1) is 13.1 Å². The molecule has 0 atom stereocenters. The molecule has 0 unspecified atom stereocenters. The van der Waals surface area contributed by atoms with E-state index in [0.717, 1.165) is 23.1 Å². The third-order valence-electron chi connectivity index (χ3n) is 2.07. The number of likely N-dealkylation sites (N-methyl/N-ethyl adjacent to an activating group) is 1. The van der Waals surface area contributed by atoms with Crippen LogP contribution < -0.4 is 10.6 Å². The Labute approximate surface area is 105 Å². The first-order valence-corrected chi connectivity index (χ1v) is 6.42. The van der Waals surface area contributed by atoms with Gasteiger partial charge in [0.2, 0.25) is 11.0 Å². The van der Waals surface area contributed by atoms with Crippen molar-refractivity contribution in [2.75, 3.05) is 32.5 Å². The van der Waals surface area contributed by atoms with Crippen LogP contribution in [0.5, 0.6) is 0 Å². The normalized spacial score (nSPS) is 10.6. The summed E-state index contributed by atoms with van der Waals surface area (Å²) >= 11 is 1.50. The molecule has 0 aromatic carbocycles. The molecule has 0 saturated carbocycles. The summed E-state index contributed by atoms with van der Waals surface area (Å²) in [5.41, 5.74) is 0. The molecule has 0 fully saturated rings. The van der Waals surface area contributed by atoms with Gasteiger partial charge in [0, 0.05) is 13.6 Å². The third kappa shape index (κ3) is 5.10. The van der Waals surface area contributed by atoms with Crippen molar-refractivity contribution < 1.29 is 4.79 Å². The van der Waals surface area contributed by atoms with Gasteiger partial charge in [-0.2, -0.15) is 0 Å². The van der Waals surface area contributed by atoms with Crippen LogP contribution in [0.25, 0.3) is 0 Å². The van der Waals surface area contributed by atoms with Gasteiger partial charge >= 0.3 is 0 Å². The van der Waals surface area contributed by atoms with E-state index in [1.165, 1.54) is 11.3 Å². The summed E-state index contributed by atoms with van der Waals surface area (Å²) in [4.78, 5) is 13.4. The van der Waals surface area contributed by atoms with Crippen LogP contribution in [0.4, 0.5) is 5.13 Å². The Hall–Kier alpha value is -1.21. The molecule has 1 amide bonds. The number of hydrogen-bond acceptors (Lipinski definition) is 6. The van der Waals surface area contributed by atoms with Crippen LogP contribution in [-0.4, -0.2) is 48.2 Å². The van der Waals surface area contributed by atoms with Crippen LogP contribution in [0.3, 0.4) is 0 Å². The molecule has 7 heteroatoms. The van der Waals surface area contributed by atoms with Crippen molar-refractivity contribution in [3.8, 4) is 0 Å². The average Bonchev–Trinajstić information content (AvgIpc) is 2.73. The molecule has 1 heterocycles. The van der Waals surface area contributed by atoms with E-state index in [4.69, 9.17) is 0 Å². The molecule has 0 radical (unpaired) electrons. The summed E-state index contributed by atoms with van der Waals surface area (Å²) in [5.74, 6) is 0.0488. The van der Waals surface area contributed by atoms with Crippen molar-refractivity contribution in [1.82, 2.24) is 20.4 Å². The van der Waals surface area contributed by atoms with E-state index in [1.807, 2.05) is 25.9 Å². The zero-order chi connectivity index (χ0) is 12.7. The second-order valence-electron chi connectivity index (χ2n) is 3.77. The van der Waals surface area contributed by atoms with Gasteiger partial charge in [0.15, 0.2) is 0 Å². The standard InChI is InChI=1S/C10H19N5OS/c1-4-5-12-8(16)6-15(3)7-9-13-14-10(11-2)17-9/h4-7H2,1-3H3,(H,11,14)(H,12,16). The lowest BCUT2D eigenvalue weighted by Gasteiger charge is -2.13. The van der Waals surface area contributed by atoms with Gasteiger partial charge in [0.25, 0.3) is 0 Å². The largest absolute Gasteiger partial charge is 0.363 e. The van der Waals surface area contributed by atoms with E-state index in [9.17, 15) is 4.79 Å². The summed E-state index contributed by atoms with van der Waals surface area (Å²) in [7, 11) is 3.71.